The summed E-state index contributed by atoms with van der Waals surface area (Å²) in [6.07, 6.45) is 1.25. The van der Waals surface area contributed by atoms with Gasteiger partial charge in [-0.25, -0.2) is 8.42 Å². The molecule has 0 saturated heterocycles. The Morgan fingerprint density at radius 1 is 1.25 bits per heavy atom. The molecule has 1 aromatic rings. The van der Waals surface area contributed by atoms with Gasteiger partial charge in [0.1, 0.15) is 9.84 Å². The minimum absolute atomic E-state index is 0.155. The lowest BCUT2D eigenvalue weighted by Gasteiger charge is -2.12. The number of aryl methyl sites for hydroxylation is 2. The highest BCUT2D eigenvalue weighted by Crippen LogP contribution is 2.24. The van der Waals surface area contributed by atoms with Gasteiger partial charge in [0.2, 0.25) is 0 Å². The Kier molecular flexibility index (Phi) is 4.38. The van der Waals surface area contributed by atoms with Gasteiger partial charge < -0.3 is 5.32 Å². The summed E-state index contributed by atoms with van der Waals surface area (Å²) in [5.74, 6) is 0.155. The Morgan fingerprint density at radius 2 is 1.75 bits per heavy atom. The predicted octanol–water partition coefficient (Wildman–Crippen LogP) is 2.52. The van der Waals surface area contributed by atoms with E-state index >= 15 is 0 Å². The summed E-state index contributed by atoms with van der Waals surface area (Å²) in [4.78, 5) is 0. The van der Waals surface area contributed by atoms with E-state index in [9.17, 15) is 8.42 Å². The van der Waals surface area contributed by atoms with Crippen LogP contribution in [-0.2, 0) is 9.84 Å². The number of rotatable bonds is 4. The number of hydrogen-bond donors (Lipinski definition) is 1. The van der Waals surface area contributed by atoms with Gasteiger partial charge >= 0.3 is 0 Å². The van der Waals surface area contributed by atoms with Gasteiger partial charge in [0.25, 0.3) is 0 Å². The summed E-state index contributed by atoms with van der Waals surface area (Å²) in [7, 11) is -2.90. The molecular weight excluding hydrogens is 290 g/mol. The predicted molar refractivity (Wildman–Crippen MR) is 71.8 cm³/mol. The minimum atomic E-state index is -2.90. The van der Waals surface area contributed by atoms with Crippen molar-refractivity contribution in [3.63, 3.8) is 0 Å². The molecule has 90 valence electrons. The summed E-state index contributed by atoms with van der Waals surface area (Å²) >= 11 is 3.42. The number of nitrogens with one attached hydrogen (secondary N) is 1. The lowest BCUT2D eigenvalue weighted by molar-refractivity contribution is 0.602. The highest BCUT2D eigenvalue weighted by atomic mass is 79.9. The molecule has 0 spiro atoms. The molecule has 5 heteroatoms. The molecule has 0 radical (unpaired) electrons. The maximum absolute atomic E-state index is 11.0. The number of anilines is 1. The van der Waals surface area contributed by atoms with Crippen molar-refractivity contribution >= 4 is 31.5 Å². The van der Waals surface area contributed by atoms with Crippen LogP contribution in [0, 0.1) is 13.8 Å². The van der Waals surface area contributed by atoms with E-state index in [1.807, 2.05) is 26.0 Å². The topological polar surface area (TPSA) is 46.2 Å². The first-order valence-corrected chi connectivity index (χ1v) is 7.83. The van der Waals surface area contributed by atoms with Crippen molar-refractivity contribution in [3.05, 3.63) is 27.7 Å². The van der Waals surface area contributed by atoms with Crippen LogP contribution >= 0.6 is 15.9 Å². The third kappa shape index (κ3) is 4.14. The Hall–Kier alpha value is -0.550. The molecule has 0 saturated carbocycles. The van der Waals surface area contributed by atoms with Crippen LogP contribution in [0.4, 0.5) is 5.69 Å². The molecule has 1 aromatic carbocycles. The second-order valence-electron chi connectivity index (χ2n) is 3.97. The van der Waals surface area contributed by atoms with Crippen molar-refractivity contribution in [3.8, 4) is 0 Å². The van der Waals surface area contributed by atoms with E-state index in [0.29, 0.717) is 6.54 Å². The van der Waals surface area contributed by atoms with E-state index < -0.39 is 9.84 Å². The summed E-state index contributed by atoms with van der Waals surface area (Å²) in [5, 5.41) is 3.16. The van der Waals surface area contributed by atoms with Crippen molar-refractivity contribution in [1.82, 2.24) is 0 Å². The monoisotopic (exact) mass is 305 g/mol. The Bertz CT molecular complexity index is 460. The molecule has 3 nitrogen and oxygen atoms in total. The molecular formula is C11H16BrNO2S. The summed E-state index contributed by atoms with van der Waals surface area (Å²) in [6, 6.07) is 4.02. The fourth-order valence-electron chi connectivity index (χ4n) is 1.55. The van der Waals surface area contributed by atoms with Gasteiger partial charge in [-0.2, -0.15) is 0 Å². The van der Waals surface area contributed by atoms with Crippen LogP contribution in [0.3, 0.4) is 0 Å². The highest BCUT2D eigenvalue weighted by Gasteiger charge is 2.05. The lowest BCUT2D eigenvalue weighted by atomic mass is 10.1. The number of sulfone groups is 1. The van der Waals surface area contributed by atoms with Gasteiger partial charge in [0.05, 0.1) is 5.75 Å². The van der Waals surface area contributed by atoms with E-state index in [-0.39, 0.29) is 5.75 Å². The first-order chi connectivity index (χ1) is 7.29. The SMILES string of the molecule is Cc1cc(Br)cc(C)c1NCCS(C)(=O)=O. The zero-order valence-electron chi connectivity index (χ0n) is 9.67. The molecule has 0 aliphatic heterocycles. The summed E-state index contributed by atoms with van der Waals surface area (Å²) in [5.41, 5.74) is 3.24. The quantitative estimate of drug-likeness (QED) is 0.930. The molecule has 0 bridgehead atoms. The third-order valence-electron chi connectivity index (χ3n) is 2.27. The fraction of sp³-hybridized carbons (Fsp3) is 0.455. The molecule has 0 aliphatic carbocycles. The molecule has 1 rings (SSSR count). The van der Waals surface area contributed by atoms with Crippen LogP contribution in [0.15, 0.2) is 16.6 Å². The van der Waals surface area contributed by atoms with Crippen molar-refractivity contribution in [1.29, 1.82) is 0 Å². The summed E-state index contributed by atoms with van der Waals surface area (Å²) in [6.45, 7) is 4.45. The van der Waals surface area contributed by atoms with Crippen LogP contribution in [0.5, 0.6) is 0 Å². The van der Waals surface area contributed by atoms with Crippen molar-refractivity contribution in [2.24, 2.45) is 0 Å². The van der Waals surface area contributed by atoms with Gasteiger partial charge in [-0.15, -0.1) is 0 Å². The molecule has 0 atom stereocenters. The van der Waals surface area contributed by atoms with Gasteiger partial charge in [0, 0.05) is 23.0 Å². The molecule has 0 aliphatic rings. The second-order valence-corrected chi connectivity index (χ2v) is 7.15. The molecule has 0 aromatic heterocycles. The largest absolute Gasteiger partial charge is 0.384 e. The Morgan fingerprint density at radius 3 is 2.19 bits per heavy atom. The van der Waals surface area contributed by atoms with E-state index in [1.54, 1.807) is 0 Å². The average Bonchev–Trinajstić information content (AvgIpc) is 2.07. The molecule has 0 unspecified atom stereocenters. The maximum atomic E-state index is 11.0. The van der Waals surface area contributed by atoms with Gasteiger partial charge in [-0.3, -0.25) is 0 Å². The van der Waals surface area contributed by atoms with Crippen molar-refractivity contribution in [2.45, 2.75) is 13.8 Å². The van der Waals surface area contributed by atoms with Gasteiger partial charge in [0.15, 0.2) is 0 Å². The minimum Gasteiger partial charge on any atom is -0.384 e. The number of benzene rings is 1. The smallest absolute Gasteiger partial charge is 0.149 e. The van der Waals surface area contributed by atoms with Crippen molar-refractivity contribution in [2.75, 3.05) is 23.9 Å². The van der Waals surface area contributed by atoms with Crippen LogP contribution in [0.2, 0.25) is 0 Å². The maximum Gasteiger partial charge on any atom is 0.149 e. The normalized spacial score (nSPS) is 11.5. The standard InChI is InChI=1S/C11H16BrNO2S/c1-8-6-10(12)7-9(2)11(8)13-4-5-16(3,14)15/h6-7,13H,4-5H2,1-3H3. The van der Waals surface area contributed by atoms with E-state index in [1.165, 1.54) is 6.26 Å². The average molecular weight is 306 g/mol. The second kappa shape index (κ2) is 5.19. The first-order valence-electron chi connectivity index (χ1n) is 4.98. The zero-order valence-corrected chi connectivity index (χ0v) is 12.1. The van der Waals surface area contributed by atoms with Crippen molar-refractivity contribution < 1.29 is 8.42 Å². The lowest BCUT2D eigenvalue weighted by Crippen LogP contribution is -2.15. The summed E-state index contributed by atoms with van der Waals surface area (Å²) < 4.78 is 23.0. The number of halogens is 1. The van der Waals surface area contributed by atoms with Crippen LogP contribution in [0.25, 0.3) is 0 Å². The Labute approximate surface area is 105 Å². The third-order valence-corrected chi connectivity index (χ3v) is 3.68. The molecule has 0 fully saturated rings. The van der Waals surface area contributed by atoms with Crippen LogP contribution in [0.1, 0.15) is 11.1 Å². The number of hydrogen-bond acceptors (Lipinski definition) is 3. The Balaban J connectivity index is 2.75. The molecule has 16 heavy (non-hydrogen) atoms. The van der Waals surface area contributed by atoms with Crippen LogP contribution in [-0.4, -0.2) is 27.0 Å². The molecule has 0 heterocycles. The van der Waals surface area contributed by atoms with E-state index in [2.05, 4.69) is 21.2 Å². The molecule has 1 N–H and O–H groups in total. The fourth-order valence-corrected chi connectivity index (χ4v) is 2.71. The van der Waals surface area contributed by atoms with E-state index in [0.717, 1.165) is 21.3 Å². The molecule has 0 amide bonds. The first kappa shape index (κ1) is 13.5. The zero-order chi connectivity index (χ0) is 12.3. The van der Waals surface area contributed by atoms with Gasteiger partial charge in [-0.1, -0.05) is 15.9 Å². The van der Waals surface area contributed by atoms with Crippen LogP contribution < -0.4 is 5.32 Å². The van der Waals surface area contributed by atoms with E-state index in [4.69, 9.17) is 0 Å². The highest BCUT2D eigenvalue weighted by molar-refractivity contribution is 9.10. The van der Waals surface area contributed by atoms with Gasteiger partial charge in [-0.05, 0) is 37.1 Å².